The summed E-state index contributed by atoms with van der Waals surface area (Å²) in [5, 5.41) is 0. The van der Waals surface area contributed by atoms with Crippen LogP contribution >= 0.6 is 0 Å². The molecule has 0 amide bonds. The fraction of sp³-hybridized carbons (Fsp3) is 1.00. The average molecular weight is 116 g/mol. The summed E-state index contributed by atoms with van der Waals surface area (Å²) >= 11 is 0. The highest BCUT2D eigenvalue weighted by molar-refractivity contribution is 4.40. The van der Waals surface area contributed by atoms with Gasteiger partial charge in [0.1, 0.15) is 0 Å². The predicted molar refractivity (Wildman–Crippen MR) is 33.5 cm³/mol. The predicted octanol–water partition coefficient (Wildman–Crippen LogP) is 1.34. The van der Waals surface area contributed by atoms with Crippen LogP contribution in [0.1, 0.15) is 27.7 Å². The van der Waals surface area contributed by atoms with Crippen LogP contribution < -0.4 is 5.48 Å². The Morgan fingerprint density at radius 2 is 1.62 bits per heavy atom. The van der Waals surface area contributed by atoms with Gasteiger partial charge < -0.3 is 0 Å². The van der Waals surface area contributed by atoms with Crippen LogP contribution in [0.2, 0.25) is 0 Å². The van der Waals surface area contributed by atoms with Gasteiger partial charge in [-0.25, -0.2) is 0 Å². The number of rotatable bonds is 3. The topological polar surface area (TPSA) is 23.3 Å². The molecule has 0 heterocycles. The lowest BCUT2D eigenvalue weighted by Crippen LogP contribution is -2.19. The first-order chi connectivity index (χ1) is 3.63. The van der Waals surface area contributed by atoms with E-state index in [1.54, 1.807) is 0 Å². The maximum atomic E-state index is 4.93. The largest absolute Gasteiger partial charge is 0.279 e. The Hall–Kier alpha value is -0.0800. The second kappa shape index (κ2) is 3.87. The van der Waals surface area contributed by atoms with Crippen LogP contribution in [0.4, 0.5) is 0 Å². The highest BCUT2D eigenvalue weighted by Gasteiger charge is 1.95. The van der Waals surface area contributed by atoms with Crippen LogP contribution in [-0.2, 0) is 4.84 Å². The Morgan fingerprint density at radius 3 is 1.75 bits per heavy atom. The molecule has 0 unspecified atom stereocenters. The van der Waals surface area contributed by atoms with Crippen molar-refractivity contribution in [3.05, 3.63) is 0 Å². The zero-order chi connectivity index (χ0) is 6.57. The van der Waals surface area contributed by atoms with Crippen LogP contribution in [0.5, 0.6) is 0 Å². The molecule has 0 aromatic heterocycles. The van der Waals surface area contributed by atoms with Crippen molar-refractivity contribution in [2.45, 2.75) is 39.8 Å². The maximum Gasteiger partial charge on any atom is 0.0754 e. The van der Waals surface area contributed by atoms with Gasteiger partial charge in [0.15, 0.2) is 0 Å². The van der Waals surface area contributed by atoms with Gasteiger partial charge in [0.2, 0.25) is 0 Å². The molecule has 0 rings (SSSR count). The Kier molecular flexibility index (Phi) is 3.83. The molecule has 0 N–H and O–H groups in total. The van der Waals surface area contributed by atoms with E-state index in [0.29, 0.717) is 0 Å². The summed E-state index contributed by atoms with van der Waals surface area (Å²) < 4.78 is 0. The molecule has 49 valence electrons. The highest BCUT2D eigenvalue weighted by Crippen LogP contribution is 1.86. The van der Waals surface area contributed by atoms with Gasteiger partial charge in [0.05, 0.1) is 6.10 Å². The minimum atomic E-state index is 0.220. The Bertz CT molecular complexity index is 44.5. The molecule has 0 aliphatic rings. The zero-order valence-corrected chi connectivity index (χ0v) is 6.01. The molecule has 0 fully saturated rings. The molecular formula is C6H14NO. The van der Waals surface area contributed by atoms with Crippen molar-refractivity contribution in [2.24, 2.45) is 0 Å². The van der Waals surface area contributed by atoms with Crippen molar-refractivity contribution in [2.75, 3.05) is 0 Å². The number of nitrogens with zero attached hydrogens (tertiary/aromatic N) is 1. The normalized spacial score (nSPS) is 11.2. The van der Waals surface area contributed by atoms with E-state index in [4.69, 9.17) is 4.84 Å². The summed E-state index contributed by atoms with van der Waals surface area (Å²) in [5.74, 6) is 0. The highest BCUT2D eigenvalue weighted by atomic mass is 16.7. The van der Waals surface area contributed by atoms with E-state index >= 15 is 0 Å². The van der Waals surface area contributed by atoms with E-state index in [9.17, 15) is 0 Å². The van der Waals surface area contributed by atoms with Crippen LogP contribution in [-0.4, -0.2) is 12.1 Å². The van der Waals surface area contributed by atoms with Crippen LogP contribution in [0.25, 0.3) is 0 Å². The van der Waals surface area contributed by atoms with Gasteiger partial charge in [0, 0.05) is 6.04 Å². The smallest absolute Gasteiger partial charge is 0.0754 e. The van der Waals surface area contributed by atoms with E-state index in [0.717, 1.165) is 0 Å². The van der Waals surface area contributed by atoms with Crippen molar-refractivity contribution in [1.29, 1.82) is 0 Å². The summed E-state index contributed by atoms with van der Waals surface area (Å²) in [7, 11) is 0. The van der Waals surface area contributed by atoms with Crippen molar-refractivity contribution >= 4 is 0 Å². The average Bonchev–Trinajstić information content (AvgIpc) is 1.61. The Balaban J connectivity index is 2.93. The molecule has 0 aliphatic heterocycles. The molecule has 2 nitrogen and oxygen atoms in total. The van der Waals surface area contributed by atoms with Crippen LogP contribution in [0.15, 0.2) is 0 Å². The molecule has 2 heteroatoms. The second-order valence-electron chi connectivity index (χ2n) is 2.35. The lowest BCUT2D eigenvalue weighted by Gasteiger charge is -2.07. The molecule has 1 radical (unpaired) electrons. The summed E-state index contributed by atoms with van der Waals surface area (Å²) in [4.78, 5) is 4.93. The standard InChI is InChI=1S/C6H14NO/c1-5(2)7-8-6(3)4/h5-6H,1-4H3. The third-order valence-electron chi connectivity index (χ3n) is 0.482. The lowest BCUT2D eigenvalue weighted by molar-refractivity contribution is -0.0269. The molecule has 0 saturated carbocycles. The van der Waals surface area contributed by atoms with Gasteiger partial charge >= 0.3 is 0 Å². The molecule has 0 aromatic rings. The van der Waals surface area contributed by atoms with Crippen molar-refractivity contribution in [3.8, 4) is 0 Å². The monoisotopic (exact) mass is 116 g/mol. The van der Waals surface area contributed by atoms with Gasteiger partial charge in [0.25, 0.3) is 0 Å². The molecule has 0 atom stereocenters. The second-order valence-corrected chi connectivity index (χ2v) is 2.35. The SMILES string of the molecule is CC(C)[N]OC(C)C. The van der Waals surface area contributed by atoms with Crippen LogP contribution in [0, 0.1) is 0 Å². The lowest BCUT2D eigenvalue weighted by atomic mass is 10.4. The quantitative estimate of drug-likeness (QED) is 0.510. The maximum absolute atomic E-state index is 4.93. The number of hydrogen-bond donors (Lipinski definition) is 0. The molecular weight excluding hydrogens is 102 g/mol. The molecule has 0 aromatic carbocycles. The summed E-state index contributed by atoms with van der Waals surface area (Å²) in [6.07, 6.45) is 0.220. The van der Waals surface area contributed by atoms with Gasteiger partial charge in [-0.3, -0.25) is 4.84 Å². The summed E-state index contributed by atoms with van der Waals surface area (Å²) in [6, 6.07) is 0.289. The summed E-state index contributed by atoms with van der Waals surface area (Å²) in [6.45, 7) is 7.91. The number of hydroxylamine groups is 1. The molecule has 0 bridgehead atoms. The van der Waals surface area contributed by atoms with E-state index in [1.807, 2.05) is 27.7 Å². The first-order valence-corrected chi connectivity index (χ1v) is 2.99. The molecule has 0 aliphatic carbocycles. The third kappa shape index (κ3) is 5.92. The van der Waals surface area contributed by atoms with Gasteiger partial charge in [-0.2, -0.15) is 0 Å². The van der Waals surface area contributed by atoms with Gasteiger partial charge in [-0.1, -0.05) is 5.48 Å². The van der Waals surface area contributed by atoms with Gasteiger partial charge in [-0.15, -0.1) is 0 Å². The summed E-state index contributed by atoms with van der Waals surface area (Å²) in [5.41, 5.74) is 3.82. The van der Waals surface area contributed by atoms with E-state index in [1.165, 1.54) is 0 Å². The Labute approximate surface area is 51.2 Å². The third-order valence-corrected chi connectivity index (χ3v) is 0.482. The minimum Gasteiger partial charge on any atom is -0.279 e. The fourth-order valence-corrected chi connectivity index (χ4v) is 0.243. The van der Waals surface area contributed by atoms with Crippen molar-refractivity contribution in [1.82, 2.24) is 5.48 Å². The van der Waals surface area contributed by atoms with E-state index in [2.05, 4.69) is 5.48 Å². The molecule has 8 heavy (non-hydrogen) atoms. The molecule has 0 saturated heterocycles. The molecule has 0 spiro atoms. The Morgan fingerprint density at radius 1 is 1.12 bits per heavy atom. The van der Waals surface area contributed by atoms with Crippen molar-refractivity contribution in [3.63, 3.8) is 0 Å². The van der Waals surface area contributed by atoms with E-state index in [-0.39, 0.29) is 12.1 Å². The zero-order valence-electron chi connectivity index (χ0n) is 6.01. The van der Waals surface area contributed by atoms with E-state index < -0.39 is 0 Å². The first-order valence-electron chi connectivity index (χ1n) is 2.99. The van der Waals surface area contributed by atoms with Crippen molar-refractivity contribution < 1.29 is 4.84 Å². The number of hydrogen-bond acceptors (Lipinski definition) is 1. The minimum absolute atomic E-state index is 0.220. The first kappa shape index (κ1) is 7.92. The van der Waals surface area contributed by atoms with Crippen LogP contribution in [0.3, 0.4) is 0 Å². The van der Waals surface area contributed by atoms with Gasteiger partial charge in [-0.05, 0) is 27.7 Å². The fourth-order valence-electron chi connectivity index (χ4n) is 0.243.